The second-order valence-corrected chi connectivity index (χ2v) is 7.20. The Morgan fingerprint density at radius 3 is 2.25 bits per heavy atom. The van der Waals surface area contributed by atoms with Crippen LogP contribution < -0.4 is 0 Å². The van der Waals surface area contributed by atoms with Gasteiger partial charge in [-0.25, -0.2) is 4.39 Å². The van der Waals surface area contributed by atoms with Crippen LogP contribution in [0.25, 0.3) is 0 Å². The molecule has 90 valence electrons. The van der Waals surface area contributed by atoms with Crippen molar-refractivity contribution in [3.63, 3.8) is 0 Å². The zero-order valence-corrected chi connectivity index (χ0v) is 10.2. The van der Waals surface area contributed by atoms with Gasteiger partial charge in [0, 0.05) is 4.75 Å². The van der Waals surface area contributed by atoms with Gasteiger partial charge in [-0.3, -0.25) is 0 Å². The number of hydrogen-bond donors (Lipinski definition) is 1. The fourth-order valence-electron chi connectivity index (χ4n) is 1.53. The molecule has 0 aliphatic carbocycles. The highest BCUT2D eigenvalue weighted by Crippen LogP contribution is 2.57. The number of hydrogen-bond acceptors (Lipinski definition) is 3. The van der Waals surface area contributed by atoms with Crippen LogP contribution in [-0.4, -0.2) is 16.0 Å². The minimum absolute atomic E-state index is 0. The smallest absolute Gasteiger partial charge is 0.123 e. The van der Waals surface area contributed by atoms with Gasteiger partial charge in [-0.05, 0) is 31.5 Å². The SMILES string of the molecule is C.CC1(C)SSC(c2ccc(F)cc2)C1O. The molecule has 2 unspecified atom stereocenters. The molecular formula is C12H17FOS2. The highest BCUT2D eigenvalue weighted by atomic mass is 33.1. The Morgan fingerprint density at radius 2 is 1.81 bits per heavy atom. The van der Waals surface area contributed by atoms with Gasteiger partial charge in [-0.2, -0.15) is 0 Å². The van der Waals surface area contributed by atoms with E-state index >= 15 is 0 Å². The predicted molar refractivity (Wildman–Crippen MR) is 71.1 cm³/mol. The summed E-state index contributed by atoms with van der Waals surface area (Å²) < 4.78 is 12.6. The minimum Gasteiger partial charge on any atom is -0.390 e. The van der Waals surface area contributed by atoms with Crippen LogP contribution in [-0.2, 0) is 0 Å². The lowest BCUT2D eigenvalue weighted by atomic mass is 9.98. The summed E-state index contributed by atoms with van der Waals surface area (Å²) >= 11 is 0. The second kappa shape index (κ2) is 4.98. The first-order chi connectivity index (χ1) is 7.00. The van der Waals surface area contributed by atoms with Gasteiger partial charge in [-0.1, -0.05) is 41.1 Å². The normalized spacial score (nSPS) is 27.5. The maximum atomic E-state index is 12.7. The van der Waals surface area contributed by atoms with Gasteiger partial charge in [0.25, 0.3) is 0 Å². The number of rotatable bonds is 1. The van der Waals surface area contributed by atoms with Gasteiger partial charge in [0.05, 0.1) is 11.4 Å². The number of aliphatic hydroxyl groups excluding tert-OH is 1. The maximum Gasteiger partial charge on any atom is 0.123 e. The molecule has 0 radical (unpaired) electrons. The van der Waals surface area contributed by atoms with Crippen molar-refractivity contribution < 1.29 is 9.50 Å². The summed E-state index contributed by atoms with van der Waals surface area (Å²) in [6.07, 6.45) is -0.391. The van der Waals surface area contributed by atoms with Crippen LogP contribution in [0.2, 0.25) is 0 Å². The fraction of sp³-hybridized carbons (Fsp3) is 0.500. The van der Waals surface area contributed by atoms with Crippen molar-refractivity contribution in [3.05, 3.63) is 35.6 Å². The van der Waals surface area contributed by atoms with Gasteiger partial charge < -0.3 is 5.11 Å². The maximum absolute atomic E-state index is 12.7. The van der Waals surface area contributed by atoms with E-state index in [4.69, 9.17) is 0 Å². The summed E-state index contributed by atoms with van der Waals surface area (Å²) in [4.78, 5) is 0. The molecule has 1 aromatic rings. The van der Waals surface area contributed by atoms with E-state index in [2.05, 4.69) is 0 Å². The first-order valence-corrected chi connectivity index (χ1v) is 7.00. The Balaban J connectivity index is 0.00000128. The third-order valence-electron chi connectivity index (χ3n) is 2.56. The Hall–Kier alpha value is -0.190. The monoisotopic (exact) mass is 260 g/mol. The average Bonchev–Trinajstić information content (AvgIpc) is 2.45. The molecule has 1 aliphatic heterocycles. The molecule has 16 heavy (non-hydrogen) atoms. The van der Waals surface area contributed by atoms with Crippen LogP contribution in [0, 0.1) is 5.82 Å². The number of benzene rings is 1. The molecule has 0 spiro atoms. The van der Waals surface area contributed by atoms with Crippen molar-refractivity contribution in [1.29, 1.82) is 0 Å². The summed E-state index contributed by atoms with van der Waals surface area (Å²) in [5.74, 6) is -0.233. The molecule has 2 atom stereocenters. The van der Waals surface area contributed by atoms with E-state index in [1.165, 1.54) is 12.1 Å². The second-order valence-electron chi connectivity index (χ2n) is 4.20. The molecule has 1 fully saturated rings. The minimum atomic E-state index is -0.391. The number of aliphatic hydroxyl groups is 1. The highest BCUT2D eigenvalue weighted by Gasteiger charge is 2.43. The van der Waals surface area contributed by atoms with Gasteiger partial charge in [0.15, 0.2) is 0 Å². The standard InChI is InChI=1S/C11H13FOS2.CH4/c1-11(2)10(13)9(14-15-11)7-3-5-8(12)6-4-7;/h3-6,9-10,13H,1-2H3;1H4. The molecule has 0 bridgehead atoms. The Morgan fingerprint density at radius 1 is 1.25 bits per heavy atom. The molecule has 0 amide bonds. The molecule has 1 aliphatic rings. The molecule has 4 heteroatoms. The van der Waals surface area contributed by atoms with E-state index < -0.39 is 6.10 Å². The molecule has 2 rings (SSSR count). The van der Waals surface area contributed by atoms with E-state index in [1.54, 1.807) is 33.7 Å². The van der Waals surface area contributed by atoms with Crippen molar-refractivity contribution in [2.45, 2.75) is 37.4 Å². The summed E-state index contributed by atoms with van der Waals surface area (Å²) in [6.45, 7) is 4.05. The van der Waals surface area contributed by atoms with E-state index in [1.807, 2.05) is 13.8 Å². The van der Waals surface area contributed by atoms with Gasteiger partial charge in [0.1, 0.15) is 5.82 Å². The molecule has 1 saturated heterocycles. The van der Waals surface area contributed by atoms with Gasteiger partial charge >= 0.3 is 0 Å². The van der Waals surface area contributed by atoms with Crippen LogP contribution in [0.4, 0.5) is 4.39 Å². The first-order valence-electron chi connectivity index (χ1n) is 4.79. The Kier molecular flexibility index (Phi) is 4.32. The zero-order chi connectivity index (χ0) is 11.1. The van der Waals surface area contributed by atoms with Crippen molar-refractivity contribution in [1.82, 2.24) is 0 Å². The number of halogens is 1. The van der Waals surface area contributed by atoms with Crippen LogP contribution in [0.5, 0.6) is 0 Å². The largest absolute Gasteiger partial charge is 0.390 e. The Bertz CT molecular complexity index is 351. The van der Waals surface area contributed by atoms with E-state index in [9.17, 15) is 9.50 Å². The van der Waals surface area contributed by atoms with E-state index in [0.717, 1.165) is 5.56 Å². The summed E-state index contributed by atoms with van der Waals surface area (Å²) in [5, 5.41) is 10.2. The van der Waals surface area contributed by atoms with Crippen LogP contribution in [0.15, 0.2) is 24.3 Å². The quantitative estimate of drug-likeness (QED) is 0.770. The van der Waals surface area contributed by atoms with Crippen molar-refractivity contribution >= 4 is 21.6 Å². The summed E-state index contributed by atoms with van der Waals surface area (Å²) in [7, 11) is 3.35. The molecule has 1 nitrogen and oxygen atoms in total. The van der Waals surface area contributed by atoms with Crippen molar-refractivity contribution in [2.24, 2.45) is 0 Å². The lowest BCUT2D eigenvalue weighted by Gasteiger charge is -2.22. The third kappa shape index (κ3) is 2.55. The fourth-order valence-corrected chi connectivity index (χ4v) is 4.92. The van der Waals surface area contributed by atoms with Crippen LogP contribution in [0.1, 0.15) is 32.1 Å². The van der Waals surface area contributed by atoms with E-state index in [0.29, 0.717) is 0 Å². The zero-order valence-electron chi connectivity index (χ0n) is 8.61. The van der Waals surface area contributed by atoms with Gasteiger partial charge in [0.2, 0.25) is 0 Å². The summed E-state index contributed by atoms with van der Waals surface area (Å²) in [6, 6.07) is 6.38. The van der Waals surface area contributed by atoms with Crippen molar-refractivity contribution in [2.75, 3.05) is 0 Å². The molecule has 1 heterocycles. The van der Waals surface area contributed by atoms with E-state index in [-0.39, 0.29) is 23.2 Å². The lowest BCUT2D eigenvalue weighted by molar-refractivity contribution is 0.143. The predicted octanol–water partition coefficient (Wildman–Crippen LogP) is 4.04. The molecule has 1 aromatic carbocycles. The summed E-state index contributed by atoms with van der Waals surface area (Å²) in [5.41, 5.74) is 0.993. The van der Waals surface area contributed by atoms with Crippen LogP contribution in [0.3, 0.4) is 0 Å². The first kappa shape index (κ1) is 13.9. The van der Waals surface area contributed by atoms with Crippen molar-refractivity contribution in [3.8, 4) is 0 Å². The average molecular weight is 260 g/mol. The van der Waals surface area contributed by atoms with Gasteiger partial charge in [-0.15, -0.1) is 0 Å². The van der Waals surface area contributed by atoms with Crippen LogP contribution >= 0.6 is 21.6 Å². The highest BCUT2D eigenvalue weighted by molar-refractivity contribution is 8.77. The molecular weight excluding hydrogens is 243 g/mol. The topological polar surface area (TPSA) is 20.2 Å². The lowest BCUT2D eigenvalue weighted by Crippen LogP contribution is -2.31. The third-order valence-corrected chi connectivity index (χ3v) is 6.27. The molecule has 1 N–H and O–H groups in total. The molecule has 0 aromatic heterocycles. The Labute approximate surface area is 104 Å². The molecule has 0 saturated carbocycles.